The average molecular weight is 264 g/mol. The molecule has 0 spiro atoms. The molecule has 2 aromatic carbocycles. The standard InChI is InChI=1S/C16H16N4/c1-11-7-9-13(10-8-11)12(2)19-20-16-17-14-5-3-4-6-15(14)18-16/h3-10H,1-2H3,(H2,17,18,20). The summed E-state index contributed by atoms with van der Waals surface area (Å²) in [6.45, 7) is 4.04. The third-order valence-electron chi connectivity index (χ3n) is 3.19. The number of benzene rings is 2. The van der Waals surface area contributed by atoms with Crippen molar-refractivity contribution in [1.29, 1.82) is 0 Å². The van der Waals surface area contributed by atoms with Gasteiger partial charge >= 0.3 is 0 Å². The number of nitrogens with zero attached hydrogens (tertiary/aromatic N) is 2. The Morgan fingerprint density at radius 2 is 1.85 bits per heavy atom. The number of aromatic nitrogens is 2. The van der Waals surface area contributed by atoms with Gasteiger partial charge in [0.2, 0.25) is 5.95 Å². The second kappa shape index (κ2) is 5.17. The highest BCUT2D eigenvalue weighted by Crippen LogP contribution is 2.13. The molecule has 2 N–H and O–H groups in total. The van der Waals surface area contributed by atoms with Crippen LogP contribution in [-0.4, -0.2) is 15.7 Å². The molecule has 4 heteroatoms. The molecule has 4 nitrogen and oxygen atoms in total. The molecular formula is C16H16N4. The second-order valence-corrected chi connectivity index (χ2v) is 4.78. The normalized spacial score (nSPS) is 11.8. The van der Waals surface area contributed by atoms with Crippen LogP contribution in [0.5, 0.6) is 0 Å². The van der Waals surface area contributed by atoms with Gasteiger partial charge in [-0.1, -0.05) is 42.0 Å². The Hall–Kier alpha value is -2.62. The molecule has 0 radical (unpaired) electrons. The van der Waals surface area contributed by atoms with Gasteiger partial charge in [0.1, 0.15) is 0 Å². The van der Waals surface area contributed by atoms with E-state index >= 15 is 0 Å². The van der Waals surface area contributed by atoms with Crippen molar-refractivity contribution in [2.75, 3.05) is 5.43 Å². The fourth-order valence-corrected chi connectivity index (χ4v) is 2.00. The lowest BCUT2D eigenvalue weighted by Crippen LogP contribution is -2.00. The van der Waals surface area contributed by atoms with Gasteiger partial charge in [0.05, 0.1) is 16.7 Å². The predicted octanol–water partition coefficient (Wildman–Crippen LogP) is 3.71. The predicted molar refractivity (Wildman–Crippen MR) is 83.1 cm³/mol. The van der Waals surface area contributed by atoms with Crippen LogP contribution in [0.2, 0.25) is 0 Å². The minimum atomic E-state index is 0.651. The Bertz CT molecular complexity index is 721. The maximum Gasteiger partial charge on any atom is 0.222 e. The van der Waals surface area contributed by atoms with E-state index in [1.165, 1.54) is 5.56 Å². The van der Waals surface area contributed by atoms with E-state index in [1.807, 2.05) is 31.2 Å². The van der Waals surface area contributed by atoms with Crippen LogP contribution >= 0.6 is 0 Å². The zero-order valence-corrected chi connectivity index (χ0v) is 11.5. The fourth-order valence-electron chi connectivity index (χ4n) is 2.00. The zero-order chi connectivity index (χ0) is 13.9. The van der Waals surface area contributed by atoms with Gasteiger partial charge in [-0.3, -0.25) is 0 Å². The van der Waals surface area contributed by atoms with Crippen molar-refractivity contribution in [3.05, 3.63) is 59.7 Å². The van der Waals surface area contributed by atoms with E-state index in [9.17, 15) is 0 Å². The van der Waals surface area contributed by atoms with E-state index in [2.05, 4.69) is 51.7 Å². The summed E-state index contributed by atoms with van der Waals surface area (Å²) < 4.78 is 0. The molecule has 3 rings (SSSR count). The third-order valence-corrected chi connectivity index (χ3v) is 3.19. The number of rotatable bonds is 3. The van der Waals surface area contributed by atoms with Crippen molar-refractivity contribution in [3.63, 3.8) is 0 Å². The van der Waals surface area contributed by atoms with Crippen LogP contribution in [0.15, 0.2) is 53.6 Å². The van der Waals surface area contributed by atoms with Crippen molar-refractivity contribution in [1.82, 2.24) is 9.97 Å². The van der Waals surface area contributed by atoms with Crippen molar-refractivity contribution in [3.8, 4) is 0 Å². The molecule has 0 saturated heterocycles. The van der Waals surface area contributed by atoms with Crippen LogP contribution in [0.25, 0.3) is 11.0 Å². The first kappa shape index (κ1) is 12.4. The number of para-hydroxylation sites is 2. The van der Waals surface area contributed by atoms with Crippen LogP contribution in [0, 0.1) is 6.92 Å². The lowest BCUT2D eigenvalue weighted by atomic mass is 10.1. The van der Waals surface area contributed by atoms with Crippen LogP contribution in [0.3, 0.4) is 0 Å². The number of anilines is 1. The van der Waals surface area contributed by atoms with Gasteiger partial charge in [-0.2, -0.15) is 5.10 Å². The highest BCUT2D eigenvalue weighted by molar-refractivity contribution is 5.99. The van der Waals surface area contributed by atoms with Crippen molar-refractivity contribution >= 4 is 22.7 Å². The summed E-state index contributed by atoms with van der Waals surface area (Å²) >= 11 is 0. The largest absolute Gasteiger partial charge is 0.323 e. The summed E-state index contributed by atoms with van der Waals surface area (Å²) in [5.74, 6) is 0.651. The highest BCUT2D eigenvalue weighted by Gasteiger charge is 2.01. The molecular weight excluding hydrogens is 248 g/mol. The maximum atomic E-state index is 4.42. The van der Waals surface area contributed by atoms with E-state index in [-0.39, 0.29) is 0 Å². The van der Waals surface area contributed by atoms with Crippen LogP contribution in [0.1, 0.15) is 18.1 Å². The number of hydrazone groups is 1. The minimum Gasteiger partial charge on any atom is -0.323 e. The lowest BCUT2D eigenvalue weighted by Gasteiger charge is -2.01. The van der Waals surface area contributed by atoms with Crippen LogP contribution < -0.4 is 5.43 Å². The molecule has 3 aromatic rings. The molecule has 0 aliphatic rings. The van der Waals surface area contributed by atoms with E-state index in [0.717, 1.165) is 22.3 Å². The van der Waals surface area contributed by atoms with Crippen LogP contribution in [-0.2, 0) is 0 Å². The summed E-state index contributed by atoms with van der Waals surface area (Å²) in [4.78, 5) is 7.60. The van der Waals surface area contributed by atoms with Gasteiger partial charge in [-0.25, -0.2) is 10.4 Å². The Kier molecular flexibility index (Phi) is 3.21. The summed E-state index contributed by atoms with van der Waals surface area (Å²) in [6, 6.07) is 16.2. The van der Waals surface area contributed by atoms with Gasteiger partial charge in [0.25, 0.3) is 0 Å². The monoisotopic (exact) mass is 264 g/mol. The lowest BCUT2D eigenvalue weighted by molar-refractivity contribution is 1.20. The number of nitrogens with one attached hydrogen (secondary N) is 2. The number of hydrogen-bond donors (Lipinski definition) is 2. The Labute approximate surface area is 117 Å². The molecule has 0 saturated carbocycles. The number of imidazole rings is 1. The van der Waals surface area contributed by atoms with Gasteiger partial charge in [0, 0.05) is 0 Å². The van der Waals surface area contributed by atoms with Gasteiger partial charge in [-0.15, -0.1) is 0 Å². The number of aromatic amines is 1. The van der Waals surface area contributed by atoms with E-state index in [0.29, 0.717) is 5.95 Å². The second-order valence-electron chi connectivity index (χ2n) is 4.78. The topological polar surface area (TPSA) is 53.1 Å². The molecule has 1 aromatic heterocycles. The van der Waals surface area contributed by atoms with Crippen LogP contribution in [0.4, 0.5) is 5.95 Å². The van der Waals surface area contributed by atoms with Gasteiger partial charge in [-0.05, 0) is 31.5 Å². The zero-order valence-electron chi connectivity index (χ0n) is 11.5. The number of H-pyrrole nitrogens is 1. The summed E-state index contributed by atoms with van der Waals surface area (Å²) in [7, 11) is 0. The molecule has 0 atom stereocenters. The molecule has 1 heterocycles. The van der Waals surface area contributed by atoms with Crippen molar-refractivity contribution < 1.29 is 0 Å². The Balaban J connectivity index is 1.80. The van der Waals surface area contributed by atoms with Gasteiger partial charge < -0.3 is 4.98 Å². The molecule has 0 unspecified atom stereocenters. The van der Waals surface area contributed by atoms with E-state index in [4.69, 9.17) is 0 Å². The molecule has 0 amide bonds. The molecule has 100 valence electrons. The summed E-state index contributed by atoms with van der Waals surface area (Å²) in [6.07, 6.45) is 0. The molecule has 0 fully saturated rings. The quantitative estimate of drug-likeness (QED) is 0.559. The number of hydrogen-bond acceptors (Lipinski definition) is 3. The highest BCUT2D eigenvalue weighted by atomic mass is 15.4. The molecule has 0 aliphatic heterocycles. The Morgan fingerprint density at radius 1 is 1.10 bits per heavy atom. The summed E-state index contributed by atoms with van der Waals surface area (Å²) in [5.41, 5.74) is 8.16. The maximum absolute atomic E-state index is 4.42. The smallest absolute Gasteiger partial charge is 0.222 e. The minimum absolute atomic E-state index is 0.651. The third kappa shape index (κ3) is 2.54. The number of fused-ring (bicyclic) bond motifs is 1. The fraction of sp³-hybridized carbons (Fsp3) is 0.125. The van der Waals surface area contributed by atoms with E-state index in [1.54, 1.807) is 0 Å². The first-order valence-electron chi connectivity index (χ1n) is 6.54. The molecule has 20 heavy (non-hydrogen) atoms. The first-order chi connectivity index (χ1) is 9.72. The number of aryl methyl sites for hydroxylation is 1. The SMILES string of the molecule is CC(=NNc1nc2ccccc2[nH]1)c1ccc(C)cc1. The van der Waals surface area contributed by atoms with Gasteiger partial charge in [0.15, 0.2) is 0 Å². The molecule has 0 bridgehead atoms. The van der Waals surface area contributed by atoms with Crippen molar-refractivity contribution in [2.45, 2.75) is 13.8 Å². The Morgan fingerprint density at radius 3 is 2.60 bits per heavy atom. The first-order valence-corrected chi connectivity index (χ1v) is 6.54. The van der Waals surface area contributed by atoms with Crippen molar-refractivity contribution in [2.24, 2.45) is 5.10 Å². The van der Waals surface area contributed by atoms with E-state index < -0.39 is 0 Å². The average Bonchev–Trinajstić information content (AvgIpc) is 2.88. The summed E-state index contributed by atoms with van der Waals surface area (Å²) in [5, 5.41) is 4.36. The molecule has 0 aliphatic carbocycles.